The summed E-state index contributed by atoms with van der Waals surface area (Å²) in [6.07, 6.45) is -1.61. The molecule has 0 radical (unpaired) electrons. The second-order valence-electron chi connectivity index (χ2n) is 4.24. The van der Waals surface area contributed by atoms with Crippen LogP contribution in [0, 0.1) is 5.92 Å². The van der Waals surface area contributed by atoms with Gasteiger partial charge in [-0.25, -0.2) is 0 Å². The Morgan fingerprint density at radius 2 is 1.89 bits per heavy atom. The van der Waals surface area contributed by atoms with E-state index in [1.165, 1.54) is 0 Å². The molecular formula is C13H16F3NO. The van der Waals surface area contributed by atoms with Crippen molar-refractivity contribution in [2.45, 2.75) is 39.3 Å². The topological polar surface area (TPSA) is 30.0 Å². The van der Waals surface area contributed by atoms with E-state index in [1.807, 2.05) is 13.8 Å². The first-order valence-electron chi connectivity index (χ1n) is 5.94. The summed E-state index contributed by atoms with van der Waals surface area (Å²) in [5.74, 6) is 0.0685. The molecule has 0 aliphatic heterocycles. The molecular weight excluding hydrogens is 243 g/mol. The van der Waals surface area contributed by atoms with Crippen LogP contribution in [0.15, 0.2) is 18.3 Å². The highest BCUT2D eigenvalue weighted by molar-refractivity contribution is 5.94. The van der Waals surface area contributed by atoms with Crippen LogP contribution < -0.4 is 0 Å². The number of hydrogen-bond acceptors (Lipinski definition) is 2. The van der Waals surface area contributed by atoms with E-state index in [1.54, 1.807) is 0 Å². The zero-order valence-corrected chi connectivity index (χ0v) is 10.4. The standard InChI is InChI=1S/C13H16F3NO/c1-3-9(4-2)7-12(18)11-6-5-10(8-17-11)13(14,15)16/h5-6,8-9H,3-4,7H2,1-2H3. The summed E-state index contributed by atoms with van der Waals surface area (Å²) in [6.45, 7) is 3.98. The van der Waals surface area contributed by atoms with Crippen molar-refractivity contribution in [1.82, 2.24) is 4.98 Å². The van der Waals surface area contributed by atoms with E-state index in [4.69, 9.17) is 0 Å². The van der Waals surface area contributed by atoms with E-state index < -0.39 is 11.7 Å². The van der Waals surface area contributed by atoms with E-state index in [-0.39, 0.29) is 17.4 Å². The number of rotatable bonds is 5. The maximum Gasteiger partial charge on any atom is 0.417 e. The van der Waals surface area contributed by atoms with Crippen molar-refractivity contribution in [3.63, 3.8) is 0 Å². The summed E-state index contributed by atoms with van der Waals surface area (Å²) in [5.41, 5.74) is -0.725. The van der Waals surface area contributed by atoms with Crippen LogP contribution >= 0.6 is 0 Å². The molecule has 18 heavy (non-hydrogen) atoms. The number of carbonyl (C=O) groups excluding carboxylic acids is 1. The molecule has 0 saturated carbocycles. The van der Waals surface area contributed by atoms with Crippen molar-refractivity contribution in [3.8, 4) is 0 Å². The summed E-state index contributed by atoms with van der Waals surface area (Å²) in [5, 5.41) is 0. The van der Waals surface area contributed by atoms with Crippen LogP contribution in [0.1, 0.15) is 49.2 Å². The van der Waals surface area contributed by atoms with Gasteiger partial charge >= 0.3 is 6.18 Å². The van der Waals surface area contributed by atoms with Crippen molar-refractivity contribution in [3.05, 3.63) is 29.6 Å². The van der Waals surface area contributed by atoms with Gasteiger partial charge in [0.05, 0.1) is 5.56 Å². The summed E-state index contributed by atoms with van der Waals surface area (Å²) in [4.78, 5) is 15.4. The van der Waals surface area contributed by atoms with Gasteiger partial charge in [-0.3, -0.25) is 9.78 Å². The van der Waals surface area contributed by atoms with E-state index in [9.17, 15) is 18.0 Å². The molecule has 1 heterocycles. The van der Waals surface area contributed by atoms with Crippen molar-refractivity contribution in [2.75, 3.05) is 0 Å². The second-order valence-corrected chi connectivity index (χ2v) is 4.24. The molecule has 0 unspecified atom stereocenters. The molecule has 1 aromatic rings. The Kier molecular flexibility index (Phi) is 4.87. The van der Waals surface area contributed by atoms with Crippen LogP contribution in [0.25, 0.3) is 0 Å². The van der Waals surface area contributed by atoms with Gasteiger partial charge in [-0.2, -0.15) is 13.2 Å². The third kappa shape index (κ3) is 3.82. The molecule has 100 valence electrons. The summed E-state index contributed by atoms with van der Waals surface area (Å²) in [7, 11) is 0. The fraction of sp³-hybridized carbons (Fsp3) is 0.538. The van der Waals surface area contributed by atoms with Gasteiger partial charge in [0.25, 0.3) is 0 Å². The van der Waals surface area contributed by atoms with Gasteiger partial charge in [0.15, 0.2) is 5.78 Å². The molecule has 0 fully saturated rings. The van der Waals surface area contributed by atoms with Gasteiger partial charge in [-0.05, 0) is 18.1 Å². The lowest BCUT2D eigenvalue weighted by molar-refractivity contribution is -0.137. The first-order valence-corrected chi connectivity index (χ1v) is 5.94. The molecule has 0 bridgehead atoms. The molecule has 0 aliphatic rings. The Morgan fingerprint density at radius 1 is 1.28 bits per heavy atom. The molecule has 0 spiro atoms. The molecule has 0 amide bonds. The predicted molar refractivity (Wildman–Crippen MR) is 62.3 cm³/mol. The lowest BCUT2D eigenvalue weighted by Crippen LogP contribution is -2.11. The minimum absolute atomic E-state index is 0.106. The number of Topliss-reactive ketones (excluding diaryl/α,β-unsaturated/α-hetero) is 1. The number of pyridine rings is 1. The van der Waals surface area contributed by atoms with Crippen LogP contribution in [-0.4, -0.2) is 10.8 Å². The Morgan fingerprint density at radius 3 is 2.28 bits per heavy atom. The summed E-state index contributed by atoms with van der Waals surface area (Å²) >= 11 is 0. The lowest BCUT2D eigenvalue weighted by Gasteiger charge is -2.11. The fourth-order valence-electron chi connectivity index (χ4n) is 1.67. The summed E-state index contributed by atoms with van der Waals surface area (Å²) < 4.78 is 36.9. The average Bonchev–Trinajstić information content (AvgIpc) is 2.34. The zero-order chi connectivity index (χ0) is 13.8. The largest absolute Gasteiger partial charge is 0.417 e. The lowest BCUT2D eigenvalue weighted by atomic mass is 9.95. The minimum Gasteiger partial charge on any atom is -0.292 e. The highest BCUT2D eigenvalue weighted by atomic mass is 19.4. The number of nitrogens with zero attached hydrogens (tertiary/aromatic N) is 1. The smallest absolute Gasteiger partial charge is 0.292 e. The van der Waals surface area contributed by atoms with E-state index in [0.29, 0.717) is 12.6 Å². The van der Waals surface area contributed by atoms with Crippen LogP contribution in [0.4, 0.5) is 13.2 Å². The van der Waals surface area contributed by atoms with Crippen molar-refractivity contribution in [1.29, 1.82) is 0 Å². The molecule has 0 atom stereocenters. The van der Waals surface area contributed by atoms with Crippen molar-refractivity contribution < 1.29 is 18.0 Å². The zero-order valence-electron chi connectivity index (χ0n) is 10.4. The number of carbonyl (C=O) groups is 1. The molecule has 2 nitrogen and oxygen atoms in total. The SMILES string of the molecule is CCC(CC)CC(=O)c1ccc(C(F)(F)F)cn1. The number of aromatic nitrogens is 1. The Bertz CT molecular complexity index is 394. The molecule has 1 rings (SSSR count). The predicted octanol–water partition coefficient (Wildman–Crippen LogP) is 4.11. The average molecular weight is 259 g/mol. The molecule has 5 heteroatoms. The third-order valence-corrected chi connectivity index (χ3v) is 3.01. The van der Waals surface area contributed by atoms with E-state index in [0.717, 1.165) is 25.0 Å². The Hall–Kier alpha value is -1.39. The minimum atomic E-state index is -4.41. The number of hydrogen-bond donors (Lipinski definition) is 0. The number of alkyl halides is 3. The second kappa shape index (κ2) is 5.98. The first kappa shape index (κ1) is 14.7. The molecule has 0 aromatic carbocycles. The van der Waals surface area contributed by atoms with Gasteiger partial charge in [0.2, 0.25) is 0 Å². The number of ketones is 1. The maximum atomic E-state index is 12.3. The normalized spacial score (nSPS) is 11.9. The van der Waals surface area contributed by atoms with Crippen LogP contribution in [-0.2, 0) is 6.18 Å². The van der Waals surface area contributed by atoms with Crippen LogP contribution in [0.5, 0.6) is 0 Å². The third-order valence-electron chi connectivity index (χ3n) is 3.01. The highest BCUT2D eigenvalue weighted by Gasteiger charge is 2.30. The molecule has 1 aromatic heterocycles. The van der Waals surface area contributed by atoms with Crippen LogP contribution in [0.3, 0.4) is 0 Å². The molecule has 0 saturated heterocycles. The molecule has 0 N–H and O–H groups in total. The van der Waals surface area contributed by atoms with Gasteiger partial charge in [-0.15, -0.1) is 0 Å². The van der Waals surface area contributed by atoms with Crippen LogP contribution in [0.2, 0.25) is 0 Å². The van der Waals surface area contributed by atoms with Gasteiger partial charge < -0.3 is 0 Å². The quantitative estimate of drug-likeness (QED) is 0.745. The Labute approximate surface area is 104 Å². The molecule has 0 aliphatic carbocycles. The van der Waals surface area contributed by atoms with Crippen molar-refractivity contribution in [2.24, 2.45) is 5.92 Å². The maximum absolute atomic E-state index is 12.3. The monoisotopic (exact) mass is 259 g/mol. The van der Waals surface area contributed by atoms with Gasteiger partial charge in [-0.1, -0.05) is 26.7 Å². The van der Waals surface area contributed by atoms with Gasteiger partial charge in [0.1, 0.15) is 5.69 Å². The highest BCUT2D eigenvalue weighted by Crippen LogP contribution is 2.28. The first-order chi connectivity index (χ1) is 8.38. The van der Waals surface area contributed by atoms with E-state index >= 15 is 0 Å². The van der Waals surface area contributed by atoms with Gasteiger partial charge in [0, 0.05) is 12.6 Å². The fourth-order valence-corrected chi connectivity index (χ4v) is 1.67. The van der Waals surface area contributed by atoms with Crippen molar-refractivity contribution >= 4 is 5.78 Å². The number of halogens is 3. The summed E-state index contributed by atoms with van der Waals surface area (Å²) in [6, 6.07) is 2.04. The van der Waals surface area contributed by atoms with E-state index in [2.05, 4.69) is 4.98 Å². The Balaban J connectivity index is 2.76.